The number of aromatic nitrogens is 1. The summed E-state index contributed by atoms with van der Waals surface area (Å²) in [5, 5.41) is 1.03. The molecule has 2 saturated heterocycles. The number of carbonyl (C=O) groups excluding carboxylic acids is 1. The van der Waals surface area contributed by atoms with E-state index in [1.165, 1.54) is 25.8 Å². The molecule has 0 radical (unpaired) electrons. The lowest BCUT2D eigenvalue weighted by Gasteiger charge is -2.44. The third-order valence-electron chi connectivity index (χ3n) is 4.57. The number of fused-ring (bicyclic) bond motifs is 1. The Morgan fingerprint density at radius 3 is 2.71 bits per heavy atom. The summed E-state index contributed by atoms with van der Waals surface area (Å²) >= 11 is 1.56. The molecule has 0 saturated carbocycles. The number of hydrogen-bond acceptors (Lipinski definition) is 5. The fourth-order valence-corrected chi connectivity index (χ4v) is 4.53. The molecule has 3 heterocycles. The van der Waals surface area contributed by atoms with Gasteiger partial charge in [0.2, 0.25) is 0 Å². The number of anilines is 1. The molecule has 1 aromatic heterocycles. The van der Waals surface area contributed by atoms with Crippen molar-refractivity contribution in [2.24, 2.45) is 0 Å². The number of piperazine rings is 1. The van der Waals surface area contributed by atoms with Crippen molar-refractivity contribution in [3.63, 3.8) is 0 Å². The smallest absolute Gasteiger partial charge is 0.186 e. The molecule has 5 heteroatoms. The van der Waals surface area contributed by atoms with E-state index in [-0.39, 0.29) is 5.41 Å². The Bertz CT molecular complexity index is 520. The van der Waals surface area contributed by atoms with Gasteiger partial charge in [-0.15, -0.1) is 0 Å². The van der Waals surface area contributed by atoms with E-state index in [0.717, 1.165) is 41.6 Å². The maximum Gasteiger partial charge on any atom is 0.186 e. The van der Waals surface area contributed by atoms with Gasteiger partial charge in [0.15, 0.2) is 11.4 Å². The second-order valence-electron chi connectivity index (χ2n) is 7.21. The first-order valence-corrected chi connectivity index (χ1v) is 8.76. The lowest BCUT2D eigenvalue weighted by atomic mass is 9.91. The van der Waals surface area contributed by atoms with E-state index in [1.807, 2.05) is 0 Å². The maximum absolute atomic E-state index is 11.3. The molecule has 0 bridgehead atoms. The van der Waals surface area contributed by atoms with Crippen LogP contribution in [0.15, 0.2) is 0 Å². The molecular weight excluding hydrogens is 282 g/mol. The molecule has 0 aliphatic carbocycles. The quantitative estimate of drug-likeness (QED) is 0.787. The summed E-state index contributed by atoms with van der Waals surface area (Å²) < 4.78 is 0. The largest absolute Gasteiger partial charge is 0.345 e. The molecule has 0 N–H and O–H groups in total. The summed E-state index contributed by atoms with van der Waals surface area (Å²) in [6, 6.07) is 0.675. The van der Waals surface area contributed by atoms with Crippen LogP contribution < -0.4 is 4.90 Å². The topological polar surface area (TPSA) is 36.4 Å². The van der Waals surface area contributed by atoms with Crippen molar-refractivity contribution in [3.05, 3.63) is 10.6 Å². The standard InChI is InChI=1S/C16H25N3OS/c1-16(2,3)14-13(11-20)21-15(17-14)19-9-8-18-7-5-4-6-12(18)10-19/h11-12H,4-10H2,1-3H3. The van der Waals surface area contributed by atoms with Crippen LogP contribution in [0.5, 0.6) is 0 Å². The average molecular weight is 307 g/mol. The van der Waals surface area contributed by atoms with Crippen molar-refractivity contribution in [1.82, 2.24) is 9.88 Å². The third-order valence-corrected chi connectivity index (χ3v) is 5.61. The van der Waals surface area contributed by atoms with Gasteiger partial charge in [-0.25, -0.2) is 4.98 Å². The summed E-state index contributed by atoms with van der Waals surface area (Å²) in [5.41, 5.74) is 0.876. The first kappa shape index (κ1) is 15.0. The Balaban J connectivity index is 1.81. The van der Waals surface area contributed by atoms with Gasteiger partial charge < -0.3 is 4.90 Å². The molecule has 0 amide bonds. The molecule has 2 aliphatic heterocycles. The molecule has 0 spiro atoms. The minimum atomic E-state index is -0.0718. The number of aldehydes is 1. The summed E-state index contributed by atoms with van der Waals surface area (Å²) in [5.74, 6) is 0. The van der Waals surface area contributed by atoms with Crippen LogP contribution in [0.3, 0.4) is 0 Å². The Kier molecular flexibility index (Phi) is 4.06. The van der Waals surface area contributed by atoms with Crippen LogP contribution in [0.1, 0.15) is 55.4 Å². The molecule has 1 atom stereocenters. The van der Waals surface area contributed by atoms with E-state index >= 15 is 0 Å². The van der Waals surface area contributed by atoms with Gasteiger partial charge in [0, 0.05) is 31.1 Å². The fourth-order valence-electron chi connectivity index (χ4n) is 3.40. The molecule has 21 heavy (non-hydrogen) atoms. The Labute approximate surface area is 131 Å². The number of carbonyl (C=O) groups is 1. The van der Waals surface area contributed by atoms with Gasteiger partial charge in [-0.05, 0) is 19.4 Å². The van der Waals surface area contributed by atoms with Crippen molar-refractivity contribution in [2.45, 2.75) is 51.5 Å². The zero-order chi connectivity index (χ0) is 15.0. The highest BCUT2D eigenvalue weighted by molar-refractivity contribution is 7.17. The highest BCUT2D eigenvalue weighted by atomic mass is 32.1. The molecule has 4 nitrogen and oxygen atoms in total. The molecule has 0 aromatic carbocycles. The minimum Gasteiger partial charge on any atom is -0.345 e. The van der Waals surface area contributed by atoms with Crippen molar-refractivity contribution in [1.29, 1.82) is 0 Å². The molecule has 1 unspecified atom stereocenters. The van der Waals surface area contributed by atoms with Crippen molar-refractivity contribution >= 4 is 22.8 Å². The van der Waals surface area contributed by atoms with E-state index in [2.05, 4.69) is 30.6 Å². The Morgan fingerprint density at radius 1 is 1.24 bits per heavy atom. The van der Waals surface area contributed by atoms with E-state index in [4.69, 9.17) is 4.98 Å². The molecule has 2 aliphatic rings. The highest BCUT2D eigenvalue weighted by Gasteiger charge is 2.31. The van der Waals surface area contributed by atoms with Crippen LogP contribution in [0.4, 0.5) is 5.13 Å². The Hall–Kier alpha value is -0.940. The molecule has 116 valence electrons. The van der Waals surface area contributed by atoms with Crippen LogP contribution in [0.25, 0.3) is 0 Å². The number of hydrogen-bond donors (Lipinski definition) is 0. The Morgan fingerprint density at radius 2 is 2.05 bits per heavy atom. The molecule has 3 rings (SSSR count). The summed E-state index contributed by atoms with van der Waals surface area (Å²) in [6.07, 6.45) is 4.96. The number of nitrogens with zero attached hydrogens (tertiary/aromatic N) is 3. The zero-order valence-corrected chi connectivity index (χ0v) is 14.1. The normalized spacial score (nSPS) is 24.0. The van der Waals surface area contributed by atoms with E-state index in [1.54, 1.807) is 11.3 Å². The summed E-state index contributed by atoms with van der Waals surface area (Å²) in [4.78, 5) is 22.0. The van der Waals surface area contributed by atoms with Gasteiger partial charge in [-0.2, -0.15) is 0 Å². The van der Waals surface area contributed by atoms with Gasteiger partial charge in [0.05, 0.1) is 10.6 Å². The fraction of sp³-hybridized carbons (Fsp3) is 0.750. The summed E-state index contributed by atoms with van der Waals surface area (Å²) in [6.45, 7) is 10.9. The number of piperidine rings is 1. The molecule has 2 fully saturated rings. The van der Waals surface area contributed by atoms with Gasteiger partial charge in [-0.3, -0.25) is 9.69 Å². The van der Waals surface area contributed by atoms with E-state index in [9.17, 15) is 4.79 Å². The lowest BCUT2D eigenvalue weighted by molar-refractivity contribution is 0.112. The second kappa shape index (κ2) is 5.69. The van der Waals surface area contributed by atoms with Crippen molar-refractivity contribution < 1.29 is 4.79 Å². The van der Waals surface area contributed by atoms with Gasteiger partial charge in [-0.1, -0.05) is 38.5 Å². The minimum absolute atomic E-state index is 0.0718. The predicted octanol–water partition coefficient (Wildman–Crippen LogP) is 2.93. The van der Waals surface area contributed by atoms with Crippen LogP contribution in [0, 0.1) is 0 Å². The van der Waals surface area contributed by atoms with Crippen molar-refractivity contribution in [2.75, 3.05) is 31.1 Å². The number of thiazole rings is 1. The van der Waals surface area contributed by atoms with Gasteiger partial charge in [0.25, 0.3) is 0 Å². The number of rotatable bonds is 2. The first-order valence-electron chi connectivity index (χ1n) is 7.94. The zero-order valence-electron chi connectivity index (χ0n) is 13.3. The van der Waals surface area contributed by atoms with Crippen LogP contribution in [-0.4, -0.2) is 48.4 Å². The summed E-state index contributed by atoms with van der Waals surface area (Å²) in [7, 11) is 0. The maximum atomic E-state index is 11.3. The van der Waals surface area contributed by atoms with Gasteiger partial charge >= 0.3 is 0 Å². The monoisotopic (exact) mass is 307 g/mol. The second-order valence-corrected chi connectivity index (χ2v) is 8.22. The SMILES string of the molecule is CC(C)(C)c1nc(N2CCN3CCCCC3C2)sc1C=O. The van der Waals surface area contributed by atoms with Crippen LogP contribution >= 0.6 is 11.3 Å². The van der Waals surface area contributed by atoms with Crippen molar-refractivity contribution in [3.8, 4) is 0 Å². The first-order chi connectivity index (χ1) is 9.99. The van der Waals surface area contributed by atoms with E-state index < -0.39 is 0 Å². The average Bonchev–Trinajstić information content (AvgIpc) is 2.91. The predicted molar refractivity (Wildman–Crippen MR) is 87.6 cm³/mol. The van der Waals surface area contributed by atoms with Gasteiger partial charge in [0.1, 0.15) is 0 Å². The molecule has 1 aromatic rings. The highest BCUT2D eigenvalue weighted by Crippen LogP contribution is 2.34. The van der Waals surface area contributed by atoms with Crippen LogP contribution in [-0.2, 0) is 5.41 Å². The lowest BCUT2D eigenvalue weighted by Crippen LogP contribution is -2.54. The van der Waals surface area contributed by atoms with Crippen LogP contribution in [0.2, 0.25) is 0 Å². The molecular formula is C16H25N3OS. The third kappa shape index (κ3) is 2.99. The van der Waals surface area contributed by atoms with E-state index in [0.29, 0.717) is 6.04 Å².